The van der Waals surface area contributed by atoms with Gasteiger partial charge in [0.05, 0.1) is 28.1 Å². The Morgan fingerprint density at radius 1 is 0.553 bits per heavy atom. The minimum atomic E-state index is -0.767. The van der Waals surface area contributed by atoms with Crippen LogP contribution in [0.25, 0.3) is 55.4 Å². The number of aromatic nitrogens is 3. The van der Waals surface area contributed by atoms with E-state index in [1.165, 1.54) is 16.5 Å². The van der Waals surface area contributed by atoms with Crippen LogP contribution in [0.3, 0.4) is 0 Å². The molecular formula is C42H26N3OPt-. The SMILES string of the molecule is Oc1ccccc1-c1cccc(C2(c3[c-]c(-c4ncc5c(ccc6ccccc65)n4)ccc3)c3ccccc3-c3ccccc32)n1.[Pt]. The van der Waals surface area contributed by atoms with Crippen molar-refractivity contribution in [3.05, 3.63) is 180 Å². The Hall–Kier alpha value is -5.44. The van der Waals surface area contributed by atoms with Gasteiger partial charge in [0.25, 0.3) is 0 Å². The second-order valence-electron chi connectivity index (χ2n) is 11.7. The number of aromatic hydroxyl groups is 1. The molecule has 0 spiro atoms. The van der Waals surface area contributed by atoms with Crippen LogP contribution in [-0.2, 0) is 26.5 Å². The molecule has 0 unspecified atom stereocenters. The molecule has 47 heavy (non-hydrogen) atoms. The average molecular weight is 784 g/mol. The molecule has 2 aromatic heterocycles. The Labute approximate surface area is 286 Å². The first kappa shape index (κ1) is 29.0. The third-order valence-corrected chi connectivity index (χ3v) is 9.20. The number of phenolic OH excluding ortho intramolecular Hbond substituents is 1. The summed E-state index contributed by atoms with van der Waals surface area (Å²) in [6.07, 6.45) is 1.92. The Kier molecular flexibility index (Phi) is 7.04. The molecular weight excluding hydrogens is 758 g/mol. The molecule has 0 saturated heterocycles. The second-order valence-corrected chi connectivity index (χ2v) is 11.7. The summed E-state index contributed by atoms with van der Waals surface area (Å²) >= 11 is 0. The van der Waals surface area contributed by atoms with Gasteiger partial charge in [-0.1, -0.05) is 97.1 Å². The Bertz CT molecular complexity index is 2430. The summed E-state index contributed by atoms with van der Waals surface area (Å²) in [6.45, 7) is 0. The van der Waals surface area contributed by atoms with Crippen LogP contribution >= 0.6 is 0 Å². The minimum Gasteiger partial charge on any atom is -0.507 e. The van der Waals surface area contributed by atoms with Crippen LogP contribution in [0.4, 0.5) is 0 Å². The molecule has 1 aliphatic rings. The molecule has 0 saturated carbocycles. The predicted octanol–water partition coefficient (Wildman–Crippen LogP) is 9.38. The van der Waals surface area contributed by atoms with Crippen molar-refractivity contribution in [3.63, 3.8) is 0 Å². The monoisotopic (exact) mass is 783 g/mol. The summed E-state index contributed by atoms with van der Waals surface area (Å²) in [6, 6.07) is 53.0. The molecule has 2 heterocycles. The summed E-state index contributed by atoms with van der Waals surface area (Å²) in [5.41, 5.74) is 8.74. The number of benzene rings is 6. The van der Waals surface area contributed by atoms with Gasteiger partial charge in [-0.3, -0.25) is 15.0 Å². The van der Waals surface area contributed by atoms with E-state index >= 15 is 0 Å². The van der Waals surface area contributed by atoms with Crippen molar-refractivity contribution in [1.82, 2.24) is 15.0 Å². The molecule has 8 aromatic rings. The topological polar surface area (TPSA) is 58.9 Å². The third-order valence-electron chi connectivity index (χ3n) is 9.20. The molecule has 0 bridgehead atoms. The first-order valence-electron chi connectivity index (χ1n) is 15.3. The minimum absolute atomic E-state index is 0. The summed E-state index contributed by atoms with van der Waals surface area (Å²) in [7, 11) is 0. The number of fused-ring (bicyclic) bond motifs is 6. The maximum absolute atomic E-state index is 10.8. The van der Waals surface area contributed by atoms with Gasteiger partial charge in [0.15, 0.2) is 0 Å². The molecule has 1 N–H and O–H groups in total. The summed E-state index contributed by atoms with van der Waals surface area (Å²) in [5.74, 6) is 0.818. The smallest absolute Gasteiger partial charge is 0.124 e. The fraction of sp³-hybridized carbons (Fsp3) is 0.0238. The van der Waals surface area contributed by atoms with E-state index < -0.39 is 5.41 Å². The van der Waals surface area contributed by atoms with Crippen molar-refractivity contribution < 1.29 is 26.2 Å². The van der Waals surface area contributed by atoms with E-state index in [0.717, 1.165) is 44.2 Å². The van der Waals surface area contributed by atoms with Gasteiger partial charge < -0.3 is 5.11 Å². The number of pyridine rings is 1. The quantitative estimate of drug-likeness (QED) is 0.143. The number of hydrogen-bond acceptors (Lipinski definition) is 4. The Balaban J connectivity index is 0.00000324. The van der Waals surface area contributed by atoms with Crippen molar-refractivity contribution in [2.75, 3.05) is 0 Å². The van der Waals surface area contributed by atoms with Crippen molar-refractivity contribution >= 4 is 21.7 Å². The van der Waals surface area contributed by atoms with Gasteiger partial charge in [-0.25, -0.2) is 0 Å². The van der Waals surface area contributed by atoms with Gasteiger partial charge in [-0.2, -0.15) is 0 Å². The van der Waals surface area contributed by atoms with Crippen molar-refractivity contribution in [2.24, 2.45) is 0 Å². The zero-order valence-corrected chi connectivity index (χ0v) is 27.3. The molecule has 5 heteroatoms. The van der Waals surface area contributed by atoms with Gasteiger partial charge >= 0.3 is 0 Å². The van der Waals surface area contributed by atoms with Crippen molar-refractivity contribution in [2.45, 2.75) is 5.41 Å². The van der Waals surface area contributed by atoms with Crippen LogP contribution < -0.4 is 0 Å². The standard InChI is InChI=1S/C42H26N3O.Pt/c46-39-21-8-5-17-33(39)37-20-10-22-40(44-37)42(35-18-6-3-15-31(35)32-16-4-7-19-36(32)42)29-13-9-12-28(25-29)41-43-26-34-30-14-2-1-11-27(30)23-24-38(34)45-41;/h1-24,26,46H;/q-1;. The second kappa shape index (κ2) is 11.4. The predicted molar refractivity (Wildman–Crippen MR) is 184 cm³/mol. The first-order valence-corrected chi connectivity index (χ1v) is 15.3. The van der Waals surface area contributed by atoms with Crippen molar-refractivity contribution in [1.29, 1.82) is 0 Å². The third kappa shape index (κ3) is 4.44. The maximum Gasteiger partial charge on any atom is 0.124 e. The fourth-order valence-electron chi connectivity index (χ4n) is 7.16. The van der Waals surface area contributed by atoms with Crippen LogP contribution in [0.5, 0.6) is 5.75 Å². The van der Waals surface area contributed by atoms with Crippen LogP contribution in [0.2, 0.25) is 0 Å². The maximum atomic E-state index is 10.8. The molecule has 0 aliphatic heterocycles. The molecule has 6 aromatic carbocycles. The van der Waals surface area contributed by atoms with Crippen LogP contribution in [-0.4, -0.2) is 20.1 Å². The zero-order valence-electron chi connectivity index (χ0n) is 25.0. The number of para-hydroxylation sites is 1. The number of phenols is 1. The molecule has 226 valence electrons. The summed E-state index contributed by atoms with van der Waals surface area (Å²) in [4.78, 5) is 15.2. The molecule has 0 fully saturated rings. The zero-order chi connectivity index (χ0) is 30.7. The summed E-state index contributed by atoms with van der Waals surface area (Å²) in [5, 5.41) is 14.1. The van der Waals surface area contributed by atoms with E-state index in [2.05, 4.69) is 97.1 Å². The molecule has 9 rings (SSSR count). The number of hydrogen-bond donors (Lipinski definition) is 1. The van der Waals surface area contributed by atoms with E-state index in [1.807, 2.05) is 54.7 Å². The van der Waals surface area contributed by atoms with Gasteiger partial charge in [0.1, 0.15) is 5.75 Å². The van der Waals surface area contributed by atoms with Crippen LogP contribution in [0, 0.1) is 6.07 Å². The molecule has 0 radical (unpaired) electrons. The normalized spacial score (nSPS) is 12.8. The molecule has 1 aliphatic carbocycles. The number of rotatable bonds is 4. The van der Waals surface area contributed by atoms with Gasteiger partial charge in [-0.15, -0.1) is 35.4 Å². The van der Waals surface area contributed by atoms with Crippen LogP contribution in [0.15, 0.2) is 152 Å². The average Bonchev–Trinajstić information content (AvgIpc) is 3.43. The van der Waals surface area contributed by atoms with E-state index in [0.29, 0.717) is 17.1 Å². The first-order chi connectivity index (χ1) is 22.7. The van der Waals surface area contributed by atoms with E-state index in [-0.39, 0.29) is 26.8 Å². The van der Waals surface area contributed by atoms with Gasteiger partial charge in [0, 0.05) is 38.2 Å². The largest absolute Gasteiger partial charge is 0.507 e. The summed E-state index contributed by atoms with van der Waals surface area (Å²) < 4.78 is 0. The fourth-order valence-corrected chi connectivity index (χ4v) is 7.16. The number of nitrogens with zero attached hydrogens (tertiary/aromatic N) is 3. The van der Waals surface area contributed by atoms with E-state index in [9.17, 15) is 5.11 Å². The Morgan fingerprint density at radius 3 is 2.02 bits per heavy atom. The van der Waals surface area contributed by atoms with E-state index in [1.54, 1.807) is 6.07 Å². The van der Waals surface area contributed by atoms with Gasteiger partial charge in [-0.05, 0) is 63.4 Å². The molecule has 4 nitrogen and oxygen atoms in total. The van der Waals surface area contributed by atoms with Crippen LogP contribution in [0.1, 0.15) is 22.4 Å². The van der Waals surface area contributed by atoms with Crippen molar-refractivity contribution in [3.8, 4) is 39.5 Å². The molecule has 0 amide bonds. The Morgan fingerprint density at radius 2 is 1.23 bits per heavy atom. The van der Waals surface area contributed by atoms with E-state index in [4.69, 9.17) is 15.0 Å². The van der Waals surface area contributed by atoms with Gasteiger partial charge in [0.2, 0.25) is 0 Å². The molecule has 0 atom stereocenters.